The number of halogens is 1. The van der Waals surface area contributed by atoms with Crippen LogP contribution in [0.2, 0.25) is 0 Å². The van der Waals surface area contributed by atoms with Gasteiger partial charge in [0.15, 0.2) is 11.5 Å². The molecule has 0 aliphatic carbocycles. The molecular formula is C24H24BrNO5S2. The highest BCUT2D eigenvalue weighted by Crippen LogP contribution is 2.39. The van der Waals surface area contributed by atoms with E-state index in [1.165, 1.54) is 22.2 Å². The quantitative estimate of drug-likeness (QED) is 0.228. The van der Waals surface area contributed by atoms with Crippen molar-refractivity contribution < 1.29 is 23.8 Å². The van der Waals surface area contributed by atoms with Crippen LogP contribution in [0.1, 0.15) is 24.5 Å². The molecule has 2 aromatic rings. The van der Waals surface area contributed by atoms with Crippen molar-refractivity contribution >= 4 is 62.2 Å². The number of hydrogen-bond acceptors (Lipinski definition) is 7. The summed E-state index contributed by atoms with van der Waals surface area (Å²) in [6.07, 6.45) is 2.62. The summed E-state index contributed by atoms with van der Waals surface area (Å²) >= 11 is 10.1. The summed E-state index contributed by atoms with van der Waals surface area (Å²) in [5.74, 6) is 0.577. The van der Waals surface area contributed by atoms with Gasteiger partial charge in [0, 0.05) is 13.0 Å². The van der Waals surface area contributed by atoms with E-state index in [0.717, 1.165) is 16.5 Å². The average molecular weight is 550 g/mol. The van der Waals surface area contributed by atoms with Crippen LogP contribution in [0.25, 0.3) is 6.08 Å². The fraction of sp³-hybridized carbons (Fsp3) is 0.292. The molecule has 2 aromatic carbocycles. The van der Waals surface area contributed by atoms with E-state index in [2.05, 4.69) is 28.1 Å². The molecule has 1 aliphatic rings. The van der Waals surface area contributed by atoms with Crippen LogP contribution in [-0.2, 0) is 20.7 Å². The topological polar surface area (TPSA) is 65.1 Å². The molecule has 0 N–H and O–H groups in total. The van der Waals surface area contributed by atoms with E-state index in [9.17, 15) is 9.59 Å². The Morgan fingerprint density at radius 2 is 2.00 bits per heavy atom. The van der Waals surface area contributed by atoms with Gasteiger partial charge >= 0.3 is 5.97 Å². The van der Waals surface area contributed by atoms with Gasteiger partial charge in [-0.2, -0.15) is 0 Å². The lowest BCUT2D eigenvalue weighted by Gasteiger charge is -2.14. The summed E-state index contributed by atoms with van der Waals surface area (Å²) < 4.78 is 17.6. The highest BCUT2D eigenvalue weighted by molar-refractivity contribution is 9.10. The molecule has 6 nitrogen and oxygen atoms in total. The van der Waals surface area contributed by atoms with Crippen molar-refractivity contribution in [3.05, 3.63) is 63.0 Å². The summed E-state index contributed by atoms with van der Waals surface area (Å²) in [4.78, 5) is 26.3. The minimum Gasteiger partial charge on any atom is -0.493 e. The Labute approximate surface area is 211 Å². The number of methoxy groups -OCH3 is 1. The highest BCUT2D eigenvalue weighted by atomic mass is 79.9. The molecule has 1 saturated heterocycles. The standard InChI is InChI=1S/C24H24BrNO5S2/c1-3-30-21(27)9-11-26-23(28)20(33-24(26)32)15-17-13-18(25)22(19(14-17)29-2)31-12-10-16-7-5-4-6-8-16/h4-8,13-15H,3,9-12H2,1-2H3/b20-15-. The molecule has 0 saturated carbocycles. The van der Waals surface area contributed by atoms with Crippen molar-refractivity contribution in [1.29, 1.82) is 0 Å². The minimum absolute atomic E-state index is 0.0992. The Morgan fingerprint density at radius 1 is 1.24 bits per heavy atom. The smallest absolute Gasteiger partial charge is 0.307 e. The average Bonchev–Trinajstić information content (AvgIpc) is 3.06. The Kier molecular flexibility index (Phi) is 9.34. The van der Waals surface area contributed by atoms with Crippen LogP contribution < -0.4 is 9.47 Å². The Balaban J connectivity index is 1.70. The van der Waals surface area contributed by atoms with Crippen molar-refractivity contribution in [2.24, 2.45) is 0 Å². The number of ether oxygens (including phenoxy) is 3. The Hall–Kier alpha value is -2.36. The number of hydrogen-bond donors (Lipinski definition) is 0. The third-order valence-corrected chi connectivity index (χ3v) is 6.71. The van der Waals surface area contributed by atoms with Crippen LogP contribution >= 0.6 is 39.9 Å². The zero-order valence-electron chi connectivity index (χ0n) is 18.3. The van der Waals surface area contributed by atoms with Gasteiger partial charge in [-0.1, -0.05) is 54.3 Å². The van der Waals surface area contributed by atoms with Gasteiger partial charge in [0.25, 0.3) is 5.91 Å². The Morgan fingerprint density at radius 3 is 2.70 bits per heavy atom. The van der Waals surface area contributed by atoms with E-state index in [0.29, 0.717) is 33.9 Å². The van der Waals surface area contributed by atoms with Crippen LogP contribution in [0.4, 0.5) is 0 Å². The SMILES string of the molecule is CCOC(=O)CCN1C(=O)/C(=C/c2cc(Br)c(OCCc3ccccc3)c(OC)c2)SC1=S. The van der Waals surface area contributed by atoms with Crippen LogP contribution in [0.15, 0.2) is 51.8 Å². The van der Waals surface area contributed by atoms with Crippen molar-refractivity contribution in [3.8, 4) is 11.5 Å². The van der Waals surface area contributed by atoms with Gasteiger partial charge in [-0.15, -0.1) is 0 Å². The maximum absolute atomic E-state index is 12.8. The Bertz CT molecular complexity index is 1060. The van der Waals surface area contributed by atoms with Crippen molar-refractivity contribution in [3.63, 3.8) is 0 Å². The van der Waals surface area contributed by atoms with Gasteiger partial charge in [0.1, 0.15) is 4.32 Å². The zero-order chi connectivity index (χ0) is 23.8. The summed E-state index contributed by atoms with van der Waals surface area (Å²) in [6, 6.07) is 13.8. The molecule has 0 unspecified atom stereocenters. The number of thioether (sulfide) groups is 1. The predicted molar refractivity (Wildman–Crippen MR) is 137 cm³/mol. The molecule has 0 atom stereocenters. The number of thiocarbonyl (C=S) groups is 1. The first kappa shape index (κ1) is 25.3. The molecule has 1 heterocycles. The van der Waals surface area contributed by atoms with Crippen molar-refractivity contribution in [2.75, 3.05) is 26.9 Å². The van der Waals surface area contributed by atoms with Crippen LogP contribution in [-0.4, -0.2) is 48.0 Å². The number of benzene rings is 2. The lowest BCUT2D eigenvalue weighted by atomic mass is 10.1. The van der Waals surface area contributed by atoms with Gasteiger partial charge in [-0.3, -0.25) is 14.5 Å². The van der Waals surface area contributed by atoms with E-state index >= 15 is 0 Å². The van der Waals surface area contributed by atoms with E-state index in [4.69, 9.17) is 26.4 Å². The van der Waals surface area contributed by atoms with Gasteiger partial charge in [0.2, 0.25) is 0 Å². The maximum atomic E-state index is 12.8. The first-order valence-electron chi connectivity index (χ1n) is 10.4. The largest absolute Gasteiger partial charge is 0.493 e. The van der Waals surface area contributed by atoms with Gasteiger partial charge in [0.05, 0.1) is 36.1 Å². The van der Waals surface area contributed by atoms with Crippen molar-refractivity contribution in [1.82, 2.24) is 4.90 Å². The zero-order valence-corrected chi connectivity index (χ0v) is 21.6. The fourth-order valence-electron chi connectivity index (χ4n) is 3.16. The minimum atomic E-state index is -0.355. The van der Waals surface area contributed by atoms with E-state index in [-0.39, 0.29) is 24.8 Å². The lowest BCUT2D eigenvalue weighted by molar-refractivity contribution is -0.143. The van der Waals surface area contributed by atoms with E-state index < -0.39 is 0 Å². The molecule has 0 aromatic heterocycles. The van der Waals surface area contributed by atoms with Gasteiger partial charge in [-0.25, -0.2) is 0 Å². The number of amides is 1. The highest BCUT2D eigenvalue weighted by Gasteiger charge is 2.32. The second kappa shape index (κ2) is 12.2. The van der Waals surface area contributed by atoms with Gasteiger partial charge < -0.3 is 14.2 Å². The number of esters is 1. The monoisotopic (exact) mass is 549 g/mol. The molecule has 1 amide bonds. The van der Waals surface area contributed by atoms with Crippen LogP contribution in [0, 0.1) is 0 Å². The predicted octanol–water partition coefficient (Wildman–Crippen LogP) is 5.23. The molecular weight excluding hydrogens is 526 g/mol. The van der Waals surface area contributed by atoms with Gasteiger partial charge in [-0.05, 0) is 52.2 Å². The second-order valence-electron chi connectivity index (χ2n) is 7.01. The van der Waals surface area contributed by atoms with Crippen LogP contribution in [0.3, 0.4) is 0 Å². The molecule has 0 bridgehead atoms. The second-order valence-corrected chi connectivity index (χ2v) is 9.54. The first-order valence-corrected chi connectivity index (χ1v) is 12.4. The number of rotatable bonds is 10. The lowest BCUT2D eigenvalue weighted by Crippen LogP contribution is -2.30. The summed E-state index contributed by atoms with van der Waals surface area (Å²) in [5, 5.41) is 0. The number of nitrogens with zero attached hydrogens (tertiary/aromatic N) is 1. The van der Waals surface area contributed by atoms with Crippen LogP contribution in [0.5, 0.6) is 11.5 Å². The number of carbonyl (C=O) groups excluding carboxylic acids is 2. The first-order chi connectivity index (χ1) is 15.9. The van der Waals surface area contributed by atoms with Crippen molar-refractivity contribution in [2.45, 2.75) is 19.8 Å². The number of carbonyl (C=O) groups is 2. The third kappa shape index (κ3) is 6.82. The molecule has 1 fully saturated rings. The molecule has 3 rings (SSSR count). The summed E-state index contributed by atoms with van der Waals surface area (Å²) in [5.41, 5.74) is 1.95. The molecule has 1 aliphatic heterocycles. The molecule has 9 heteroatoms. The summed E-state index contributed by atoms with van der Waals surface area (Å²) in [6.45, 7) is 2.74. The fourth-order valence-corrected chi connectivity index (χ4v) is 5.04. The third-order valence-electron chi connectivity index (χ3n) is 4.75. The molecule has 33 heavy (non-hydrogen) atoms. The molecule has 0 radical (unpaired) electrons. The van der Waals surface area contributed by atoms with E-state index in [1.54, 1.807) is 20.1 Å². The molecule has 0 spiro atoms. The molecule has 174 valence electrons. The normalized spacial score (nSPS) is 14.6. The maximum Gasteiger partial charge on any atom is 0.307 e. The summed E-state index contributed by atoms with van der Waals surface area (Å²) in [7, 11) is 1.57. The van der Waals surface area contributed by atoms with E-state index in [1.807, 2.05) is 30.3 Å².